The molecule has 2 N–H and O–H groups in total. The summed E-state index contributed by atoms with van der Waals surface area (Å²) in [7, 11) is 0. The Morgan fingerprint density at radius 1 is 1.29 bits per heavy atom. The fourth-order valence-corrected chi connectivity index (χ4v) is 3.82. The lowest BCUT2D eigenvalue weighted by Crippen LogP contribution is -2.11. The zero-order chi connectivity index (χ0) is 15.0. The molecule has 3 aromatic rings. The Balaban J connectivity index is 1.85. The third-order valence-corrected chi connectivity index (χ3v) is 5.20. The second kappa shape index (κ2) is 5.42. The standard InChI is InChI=1S/C14H14N4OS2/c1-7-13(21-9(3)16-7)14(19)17-11-6-12(20-8(11)2)10-4-5-15-18-10/h4-6H,1-3H3,(H,15,18)(H,17,19). The van der Waals surface area contributed by atoms with Crippen LogP contribution in [0.4, 0.5) is 5.69 Å². The molecular weight excluding hydrogens is 304 g/mol. The van der Waals surface area contributed by atoms with Gasteiger partial charge in [-0.05, 0) is 32.9 Å². The van der Waals surface area contributed by atoms with E-state index in [1.165, 1.54) is 11.3 Å². The van der Waals surface area contributed by atoms with Crippen molar-refractivity contribution in [2.24, 2.45) is 0 Å². The predicted molar refractivity (Wildman–Crippen MR) is 86.2 cm³/mol. The molecule has 5 nitrogen and oxygen atoms in total. The van der Waals surface area contributed by atoms with Crippen molar-refractivity contribution in [2.45, 2.75) is 20.8 Å². The van der Waals surface area contributed by atoms with E-state index in [1.54, 1.807) is 17.5 Å². The minimum atomic E-state index is -0.102. The molecule has 0 aromatic carbocycles. The molecule has 21 heavy (non-hydrogen) atoms. The van der Waals surface area contributed by atoms with Crippen molar-refractivity contribution >= 4 is 34.3 Å². The molecule has 0 spiro atoms. The summed E-state index contributed by atoms with van der Waals surface area (Å²) < 4.78 is 0. The minimum Gasteiger partial charge on any atom is -0.320 e. The highest BCUT2D eigenvalue weighted by atomic mass is 32.1. The number of amides is 1. The van der Waals surface area contributed by atoms with Gasteiger partial charge in [-0.15, -0.1) is 22.7 Å². The molecular formula is C14H14N4OS2. The number of thiazole rings is 1. The molecule has 3 rings (SSSR count). The maximum atomic E-state index is 12.3. The van der Waals surface area contributed by atoms with E-state index in [0.29, 0.717) is 4.88 Å². The lowest BCUT2D eigenvalue weighted by Gasteiger charge is -2.02. The van der Waals surface area contributed by atoms with E-state index >= 15 is 0 Å². The van der Waals surface area contributed by atoms with Crippen LogP contribution in [0.25, 0.3) is 10.6 Å². The van der Waals surface area contributed by atoms with E-state index in [1.807, 2.05) is 32.9 Å². The van der Waals surface area contributed by atoms with Crippen LogP contribution in [0.3, 0.4) is 0 Å². The average Bonchev–Trinajstić information content (AvgIpc) is 3.11. The molecule has 0 fully saturated rings. The highest BCUT2D eigenvalue weighted by Crippen LogP contribution is 2.33. The number of hydrogen-bond acceptors (Lipinski definition) is 5. The van der Waals surface area contributed by atoms with Crippen LogP contribution in [-0.2, 0) is 0 Å². The van der Waals surface area contributed by atoms with E-state index in [2.05, 4.69) is 20.5 Å². The number of aromatic amines is 1. The van der Waals surface area contributed by atoms with Gasteiger partial charge in [-0.25, -0.2) is 4.98 Å². The van der Waals surface area contributed by atoms with Gasteiger partial charge in [0.2, 0.25) is 0 Å². The zero-order valence-electron chi connectivity index (χ0n) is 11.9. The molecule has 0 bridgehead atoms. The van der Waals surface area contributed by atoms with E-state index in [4.69, 9.17) is 0 Å². The summed E-state index contributed by atoms with van der Waals surface area (Å²) in [6.07, 6.45) is 1.71. The lowest BCUT2D eigenvalue weighted by molar-refractivity contribution is 0.103. The summed E-state index contributed by atoms with van der Waals surface area (Å²) in [6.45, 7) is 5.75. The van der Waals surface area contributed by atoms with Crippen molar-refractivity contribution in [3.05, 3.63) is 38.8 Å². The number of nitrogens with zero attached hydrogens (tertiary/aromatic N) is 2. The fourth-order valence-electron chi connectivity index (χ4n) is 2.05. The average molecular weight is 318 g/mol. The molecule has 0 aliphatic heterocycles. The summed E-state index contributed by atoms with van der Waals surface area (Å²) in [5, 5.41) is 10.8. The van der Waals surface area contributed by atoms with Gasteiger partial charge in [0.25, 0.3) is 5.91 Å². The van der Waals surface area contributed by atoms with Crippen LogP contribution < -0.4 is 5.32 Å². The number of thiophene rings is 1. The van der Waals surface area contributed by atoms with Crippen LogP contribution in [-0.4, -0.2) is 21.1 Å². The first-order valence-corrected chi connectivity index (χ1v) is 8.03. The van der Waals surface area contributed by atoms with Crippen LogP contribution in [0.2, 0.25) is 0 Å². The third-order valence-electron chi connectivity index (χ3n) is 3.04. The zero-order valence-corrected chi connectivity index (χ0v) is 13.5. The van der Waals surface area contributed by atoms with Gasteiger partial charge in [0.15, 0.2) is 0 Å². The minimum absolute atomic E-state index is 0.102. The van der Waals surface area contributed by atoms with Crippen LogP contribution in [0.1, 0.15) is 25.3 Å². The molecule has 108 valence electrons. The SMILES string of the molecule is Cc1nc(C)c(C(=O)Nc2cc(-c3ccn[nH]3)sc2C)s1. The Labute approximate surface area is 130 Å². The molecule has 0 radical (unpaired) electrons. The number of carbonyl (C=O) groups excluding carboxylic acids is 1. The van der Waals surface area contributed by atoms with E-state index in [-0.39, 0.29) is 5.91 Å². The topological polar surface area (TPSA) is 70.7 Å². The van der Waals surface area contributed by atoms with Gasteiger partial charge < -0.3 is 5.32 Å². The van der Waals surface area contributed by atoms with Crippen molar-refractivity contribution in [1.29, 1.82) is 0 Å². The molecule has 0 saturated carbocycles. The van der Waals surface area contributed by atoms with E-state index < -0.39 is 0 Å². The van der Waals surface area contributed by atoms with Crippen molar-refractivity contribution in [1.82, 2.24) is 15.2 Å². The maximum Gasteiger partial charge on any atom is 0.267 e. The lowest BCUT2D eigenvalue weighted by atomic mass is 10.3. The summed E-state index contributed by atoms with van der Waals surface area (Å²) in [4.78, 5) is 19.4. The van der Waals surface area contributed by atoms with Gasteiger partial charge in [0.1, 0.15) is 4.88 Å². The van der Waals surface area contributed by atoms with Gasteiger partial charge >= 0.3 is 0 Å². The molecule has 7 heteroatoms. The first-order valence-electron chi connectivity index (χ1n) is 6.40. The first kappa shape index (κ1) is 14.0. The highest BCUT2D eigenvalue weighted by molar-refractivity contribution is 7.16. The number of hydrogen-bond donors (Lipinski definition) is 2. The van der Waals surface area contributed by atoms with E-state index in [0.717, 1.165) is 31.8 Å². The summed E-state index contributed by atoms with van der Waals surface area (Å²) in [5.74, 6) is -0.102. The number of rotatable bonds is 3. The summed E-state index contributed by atoms with van der Waals surface area (Å²) in [5.41, 5.74) is 2.56. The molecule has 0 atom stereocenters. The van der Waals surface area contributed by atoms with Crippen molar-refractivity contribution in [2.75, 3.05) is 5.32 Å². The summed E-state index contributed by atoms with van der Waals surface area (Å²) >= 11 is 3.04. The van der Waals surface area contributed by atoms with Gasteiger partial charge in [-0.2, -0.15) is 5.10 Å². The first-order chi connectivity index (χ1) is 10.0. The molecule has 3 heterocycles. The Kier molecular flexibility index (Phi) is 3.60. The normalized spacial score (nSPS) is 10.8. The Morgan fingerprint density at radius 2 is 2.10 bits per heavy atom. The van der Waals surface area contributed by atoms with Gasteiger partial charge in [-0.3, -0.25) is 9.89 Å². The molecule has 0 aliphatic rings. The Hall–Kier alpha value is -1.99. The highest BCUT2D eigenvalue weighted by Gasteiger charge is 2.16. The fraction of sp³-hybridized carbons (Fsp3) is 0.214. The van der Waals surface area contributed by atoms with Crippen molar-refractivity contribution < 1.29 is 4.79 Å². The smallest absolute Gasteiger partial charge is 0.267 e. The second-order valence-electron chi connectivity index (χ2n) is 4.65. The Bertz CT molecular complexity index is 786. The number of nitrogens with one attached hydrogen (secondary N) is 2. The van der Waals surface area contributed by atoms with Crippen molar-refractivity contribution in [3.63, 3.8) is 0 Å². The summed E-state index contributed by atoms with van der Waals surface area (Å²) in [6, 6.07) is 3.88. The second-order valence-corrected chi connectivity index (χ2v) is 7.11. The molecule has 0 aliphatic carbocycles. The quantitative estimate of drug-likeness (QED) is 0.772. The number of H-pyrrole nitrogens is 1. The largest absolute Gasteiger partial charge is 0.320 e. The van der Waals surface area contributed by atoms with Crippen LogP contribution in [0.15, 0.2) is 18.3 Å². The number of aryl methyl sites for hydroxylation is 3. The molecule has 0 saturated heterocycles. The Morgan fingerprint density at radius 3 is 2.71 bits per heavy atom. The van der Waals surface area contributed by atoms with Crippen LogP contribution in [0.5, 0.6) is 0 Å². The van der Waals surface area contributed by atoms with Gasteiger partial charge in [0.05, 0.1) is 27.0 Å². The van der Waals surface area contributed by atoms with Crippen molar-refractivity contribution in [3.8, 4) is 10.6 Å². The monoisotopic (exact) mass is 318 g/mol. The molecule has 1 amide bonds. The van der Waals surface area contributed by atoms with Crippen LogP contribution in [0, 0.1) is 20.8 Å². The molecule has 0 unspecified atom stereocenters. The predicted octanol–water partition coefficient (Wildman–Crippen LogP) is 3.77. The van der Waals surface area contributed by atoms with Gasteiger partial charge in [-0.1, -0.05) is 0 Å². The van der Waals surface area contributed by atoms with Gasteiger partial charge in [0, 0.05) is 11.1 Å². The van der Waals surface area contributed by atoms with E-state index in [9.17, 15) is 4.79 Å². The number of aromatic nitrogens is 3. The molecule has 3 aromatic heterocycles. The maximum absolute atomic E-state index is 12.3. The number of anilines is 1. The third kappa shape index (κ3) is 2.74. The number of carbonyl (C=O) groups is 1. The van der Waals surface area contributed by atoms with Crippen LogP contribution >= 0.6 is 22.7 Å².